The number of nitrogens with two attached hydrogens (primary N) is 1. The molecule has 0 aliphatic heterocycles. The van der Waals surface area contributed by atoms with Crippen molar-refractivity contribution < 1.29 is 4.39 Å². The predicted octanol–water partition coefficient (Wildman–Crippen LogP) is 2.67. The number of pyridine rings is 2. The molecule has 0 bridgehead atoms. The first-order valence-corrected chi connectivity index (χ1v) is 7.06. The monoisotopic (exact) mass is 354 g/mol. The van der Waals surface area contributed by atoms with Gasteiger partial charge in [-0.2, -0.15) is 0 Å². The van der Waals surface area contributed by atoms with Gasteiger partial charge in [-0.1, -0.05) is 0 Å². The highest BCUT2D eigenvalue weighted by Crippen LogP contribution is 2.23. The summed E-state index contributed by atoms with van der Waals surface area (Å²) in [5.74, 6) is 0.270. The van der Waals surface area contributed by atoms with Crippen molar-refractivity contribution in [2.45, 2.75) is 6.42 Å². The molecule has 0 saturated carbocycles. The molecule has 2 heterocycles. The predicted molar refractivity (Wildman–Crippen MR) is 84.0 cm³/mol. The number of nitrogens with zero attached hydrogens (tertiary/aromatic N) is 3. The second-order valence-corrected chi connectivity index (χ2v) is 5.25. The van der Waals surface area contributed by atoms with Crippen LogP contribution in [0, 0.1) is 5.82 Å². The Hall–Kier alpha value is -1.60. The van der Waals surface area contributed by atoms with E-state index in [1.54, 1.807) is 29.4 Å². The second kappa shape index (κ2) is 6.71. The van der Waals surface area contributed by atoms with Crippen LogP contribution in [0.1, 0.15) is 5.69 Å². The highest BCUT2D eigenvalue weighted by Gasteiger charge is 2.15. The van der Waals surface area contributed by atoms with E-state index in [9.17, 15) is 4.39 Å². The van der Waals surface area contributed by atoms with Crippen LogP contribution in [0.2, 0.25) is 0 Å². The normalized spacial score (nSPS) is 10.3. The van der Waals surface area contributed by atoms with E-state index in [1.807, 2.05) is 6.07 Å². The van der Waals surface area contributed by atoms with E-state index in [-0.39, 0.29) is 10.9 Å². The number of aromatic nitrogens is 2. The number of hydrogen-bond donors (Lipinski definition) is 1. The summed E-state index contributed by atoms with van der Waals surface area (Å²) in [6, 6.07) is 6.57. The fraction of sp³-hybridized carbons (Fsp3) is 0.154. The Kier molecular flexibility index (Phi) is 4.97. The van der Waals surface area contributed by atoms with Crippen LogP contribution in [0.4, 0.5) is 10.2 Å². The minimum absolute atomic E-state index is 0.181. The van der Waals surface area contributed by atoms with Gasteiger partial charge in [0.05, 0.1) is 10.2 Å². The zero-order chi connectivity index (χ0) is 14.5. The lowest BCUT2D eigenvalue weighted by Crippen LogP contribution is -2.38. The maximum atomic E-state index is 13.6. The lowest BCUT2D eigenvalue weighted by molar-refractivity contribution is 0.598. The van der Waals surface area contributed by atoms with Crippen LogP contribution in [-0.2, 0) is 6.42 Å². The zero-order valence-corrected chi connectivity index (χ0v) is 12.9. The smallest absolute Gasteiger partial charge is 0.172 e. The Bertz CT molecular complexity index is 623. The largest absolute Gasteiger partial charge is 0.376 e. The summed E-state index contributed by atoms with van der Waals surface area (Å²) in [7, 11) is 0. The molecule has 0 unspecified atom stereocenters. The molecule has 0 spiro atoms. The van der Waals surface area contributed by atoms with Crippen molar-refractivity contribution in [1.29, 1.82) is 0 Å². The van der Waals surface area contributed by atoms with E-state index >= 15 is 0 Å². The molecular weight excluding hydrogens is 343 g/mol. The van der Waals surface area contributed by atoms with Gasteiger partial charge in [0.25, 0.3) is 0 Å². The van der Waals surface area contributed by atoms with Gasteiger partial charge in [0, 0.05) is 25.4 Å². The van der Waals surface area contributed by atoms with E-state index in [0.717, 1.165) is 4.47 Å². The second-order valence-electron chi connectivity index (χ2n) is 3.98. The van der Waals surface area contributed by atoms with Gasteiger partial charge < -0.3 is 10.6 Å². The van der Waals surface area contributed by atoms with Crippen LogP contribution in [0.3, 0.4) is 0 Å². The maximum absolute atomic E-state index is 13.6. The third kappa shape index (κ3) is 3.49. The van der Waals surface area contributed by atoms with Crippen molar-refractivity contribution >= 4 is 39.1 Å². The average Bonchev–Trinajstić information content (AvgIpc) is 2.42. The third-order valence-corrected chi connectivity index (χ3v) is 3.51. The molecule has 2 rings (SSSR count). The lowest BCUT2D eigenvalue weighted by atomic mass is 10.2. The van der Waals surface area contributed by atoms with E-state index in [1.165, 1.54) is 6.07 Å². The molecule has 0 atom stereocenters. The Morgan fingerprint density at radius 2 is 2.00 bits per heavy atom. The Balaban J connectivity index is 2.18. The van der Waals surface area contributed by atoms with Crippen LogP contribution >= 0.6 is 28.1 Å². The molecule has 104 valence electrons. The molecule has 0 aliphatic carbocycles. The van der Waals surface area contributed by atoms with Crippen molar-refractivity contribution in [2.75, 3.05) is 11.4 Å². The first-order chi connectivity index (χ1) is 9.59. The van der Waals surface area contributed by atoms with Crippen molar-refractivity contribution in [3.8, 4) is 0 Å². The minimum Gasteiger partial charge on any atom is -0.376 e. The molecule has 0 aliphatic rings. The molecule has 0 amide bonds. The Labute approximate surface area is 130 Å². The molecule has 2 aromatic heterocycles. The van der Waals surface area contributed by atoms with Gasteiger partial charge in [-0.3, -0.25) is 4.98 Å². The van der Waals surface area contributed by atoms with E-state index in [0.29, 0.717) is 24.5 Å². The van der Waals surface area contributed by atoms with Gasteiger partial charge in [-0.15, -0.1) is 0 Å². The van der Waals surface area contributed by atoms with E-state index in [4.69, 9.17) is 18.0 Å². The first-order valence-electron chi connectivity index (χ1n) is 5.86. The van der Waals surface area contributed by atoms with Crippen molar-refractivity contribution in [3.63, 3.8) is 0 Å². The van der Waals surface area contributed by atoms with E-state index < -0.39 is 0 Å². The fourth-order valence-electron chi connectivity index (χ4n) is 1.72. The standard InChI is InChI=1S/C13H12BrFN4S/c14-9-3-1-7-18-12(9)19(13(16)20)8-5-11-10(15)4-2-6-17-11/h1-4,6-7H,5,8H2,(H2,16,20). The summed E-state index contributed by atoms with van der Waals surface area (Å²) in [6.07, 6.45) is 3.58. The summed E-state index contributed by atoms with van der Waals surface area (Å²) in [5.41, 5.74) is 6.10. The van der Waals surface area contributed by atoms with Crippen molar-refractivity contribution in [1.82, 2.24) is 9.97 Å². The van der Waals surface area contributed by atoms with E-state index in [2.05, 4.69) is 25.9 Å². The Morgan fingerprint density at radius 3 is 2.65 bits per heavy atom. The Morgan fingerprint density at radius 1 is 1.30 bits per heavy atom. The van der Waals surface area contributed by atoms with Gasteiger partial charge in [-0.25, -0.2) is 9.37 Å². The van der Waals surface area contributed by atoms with Gasteiger partial charge in [0.15, 0.2) is 5.11 Å². The molecule has 0 radical (unpaired) electrons. The highest BCUT2D eigenvalue weighted by molar-refractivity contribution is 9.10. The first kappa shape index (κ1) is 14.8. The van der Waals surface area contributed by atoms with Crippen LogP contribution in [-0.4, -0.2) is 21.6 Å². The fourth-order valence-corrected chi connectivity index (χ4v) is 2.36. The minimum atomic E-state index is -0.338. The average molecular weight is 355 g/mol. The summed E-state index contributed by atoms with van der Waals surface area (Å²) >= 11 is 8.43. The molecule has 0 aromatic carbocycles. The summed E-state index contributed by atoms with van der Waals surface area (Å²) in [4.78, 5) is 9.89. The summed E-state index contributed by atoms with van der Waals surface area (Å²) in [6.45, 7) is 0.402. The molecule has 2 aromatic rings. The zero-order valence-electron chi connectivity index (χ0n) is 10.5. The number of halogens is 2. The number of thiocarbonyl (C=S) groups is 1. The lowest BCUT2D eigenvalue weighted by Gasteiger charge is -2.22. The SMILES string of the molecule is NC(=S)N(CCc1ncccc1F)c1ncccc1Br. The molecule has 20 heavy (non-hydrogen) atoms. The highest BCUT2D eigenvalue weighted by atomic mass is 79.9. The van der Waals surface area contributed by atoms with Gasteiger partial charge >= 0.3 is 0 Å². The molecular formula is C13H12BrFN4S. The molecule has 7 heteroatoms. The summed E-state index contributed by atoms with van der Waals surface area (Å²) < 4.78 is 14.3. The van der Waals surface area contributed by atoms with Crippen LogP contribution in [0.5, 0.6) is 0 Å². The van der Waals surface area contributed by atoms with Gasteiger partial charge in [0.1, 0.15) is 11.6 Å². The molecule has 4 nitrogen and oxygen atoms in total. The maximum Gasteiger partial charge on any atom is 0.172 e. The summed E-state index contributed by atoms with van der Waals surface area (Å²) in [5, 5.41) is 0.181. The topological polar surface area (TPSA) is 55.0 Å². The van der Waals surface area contributed by atoms with Crippen LogP contribution < -0.4 is 10.6 Å². The number of anilines is 1. The number of hydrogen-bond acceptors (Lipinski definition) is 3. The number of rotatable bonds is 4. The van der Waals surface area contributed by atoms with Gasteiger partial charge in [0.2, 0.25) is 0 Å². The third-order valence-electron chi connectivity index (χ3n) is 2.67. The molecule has 2 N–H and O–H groups in total. The quantitative estimate of drug-likeness (QED) is 0.855. The van der Waals surface area contributed by atoms with Gasteiger partial charge in [-0.05, 0) is 52.4 Å². The van der Waals surface area contributed by atoms with Crippen LogP contribution in [0.15, 0.2) is 41.1 Å². The molecule has 0 saturated heterocycles. The van der Waals surface area contributed by atoms with Crippen molar-refractivity contribution in [3.05, 3.63) is 52.6 Å². The molecule has 0 fully saturated rings. The van der Waals surface area contributed by atoms with Crippen molar-refractivity contribution in [2.24, 2.45) is 5.73 Å². The van der Waals surface area contributed by atoms with Crippen LogP contribution in [0.25, 0.3) is 0 Å².